The van der Waals surface area contributed by atoms with E-state index in [1.54, 1.807) is 0 Å². The summed E-state index contributed by atoms with van der Waals surface area (Å²) in [4.78, 5) is 11.2. The highest BCUT2D eigenvalue weighted by molar-refractivity contribution is 5.70. The van der Waals surface area contributed by atoms with Gasteiger partial charge in [0.1, 0.15) is 6.10 Å². The maximum Gasteiger partial charge on any atom is 0.306 e. The Labute approximate surface area is 73.3 Å². The number of carbonyl (C=O) groups excluding carboxylic acids is 1. The largest absolute Gasteiger partial charge is 0.462 e. The number of hydrogen-bond donors (Lipinski definition) is 0. The minimum absolute atomic E-state index is 0.0457. The van der Waals surface area contributed by atoms with Crippen molar-refractivity contribution in [3.63, 3.8) is 0 Å². The molecule has 3 rings (SSSR count). The third-order valence-corrected chi connectivity index (χ3v) is 3.03. The molecule has 2 aliphatic heterocycles. The number of ether oxygens (including phenoxy) is 1. The van der Waals surface area contributed by atoms with Crippen LogP contribution in [0.2, 0.25) is 0 Å². The van der Waals surface area contributed by atoms with Gasteiger partial charge in [-0.2, -0.15) is 0 Å². The summed E-state index contributed by atoms with van der Waals surface area (Å²) in [6.45, 7) is 0. The number of esters is 1. The Morgan fingerprint density at radius 3 is 2.42 bits per heavy atom. The molecule has 0 aromatic heterocycles. The molecule has 0 amide bonds. The lowest BCUT2D eigenvalue weighted by Gasteiger charge is -2.28. The number of hydrogen-bond acceptors (Lipinski definition) is 2. The Balaban J connectivity index is 2.06. The van der Waals surface area contributed by atoms with Gasteiger partial charge >= 0.3 is 5.97 Å². The van der Waals surface area contributed by atoms with Crippen molar-refractivity contribution in [1.82, 2.24) is 0 Å². The van der Waals surface area contributed by atoms with E-state index < -0.39 is 0 Å². The molecule has 0 atom stereocenters. The molecular formula is C10H16O2. The summed E-state index contributed by atoms with van der Waals surface area (Å²) in [6.07, 6.45) is 8.11. The zero-order chi connectivity index (χ0) is 8.39. The normalized spacial score (nSPS) is 36.5. The molecule has 2 bridgehead atoms. The van der Waals surface area contributed by atoms with Gasteiger partial charge in [-0.05, 0) is 44.4 Å². The Bertz CT molecular complexity index is 151. The second kappa shape index (κ2) is 3.46. The van der Waals surface area contributed by atoms with E-state index in [1.165, 1.54) is 25.7 Å². The third-order valence-electron chi connectivity index (χ3n) is 3.03. The first-order valence-electron chi connectivity index (χ1n) is 5.04. The Kier molecular flexibility index (Phi) is 2.33. The molecule has 2 heterocycles. The SMILES string of the molecule is O=C1CC2CCCC(CCC2)O1. The molecular weight excluding hydrogens is 152 g/mol. The maximum absolute atomic E-state index is 11.2. The van der Waals surface area contributed by atoms with E-state index in [0.29, 0.717) is 12.3 Å². The maximum atomic E-state index is 11.2. The van der Waals surface area contributed by atoms with Crippen molar-refractivity contribution in [3.05, 3.63) is 0 Å². The van der Waals surface area contributed by atoms with Gasteiger partial charge in [-0.25, -0.2) is 0 Å². The highest BCUT2D eigenvalue weighted by Gasteiger charge is 2.25. The van der Waals surface area contributed by atoms with Crippen molar-refractivity contribution in [1.29, 1.82) is 0 Å². The van der Waals surface area contributed by atoms with Crippen LogP contribution >= 0.6 is 0 Å². The molecule has 2 heteroatoms. The van der Waals surface area contributed by atoms with Gasteiger partial charge in [0, 0.05) is 6.42 Å². The van der Waals surface area contributed by atoms with Crippen LogP contribution in [-0.4, -0.2) is 12.1 Å². The zero-order valence-electron chi connectivity index (χ0n) is 7.42. The van der Waals surface area contributed by atoms with Gasteiger partial charge < -0.3 is 4.74 Å². The van der Waals surface area contributed by atoms with Gasteiger partial charge in [-0.1, -0.05) is 0 Å². The van der Waals surface area contributed by atoms with Gasteiger partial charge in [0.2, 0.25) is 0 Å². The summed E-state index contributed by atoms with van der Waals surface area (Å²) in [5, 5.41) is 0. The predicted molar refractivity (Wildman–Crippen MR) is 45.7 cm³/mol. The first kappa shape index (κ1) is 8.09. The van der Waals surface area contributed by atoms with Crippen LogP contribution < -0.4 is 0 Å². The fraction of sp³-hybridized carbons (Fsp3) is 0.900. The average Bonchev–Trinajstić information content (AvgIpc) is 1.91. The molecule has 0 unspecified atom stereocenters. The first-order valence-corrected chi connectivity index (χ1v) is 5.04. The standard InChI is InChI=1S/C10H16O2/c11-10-7-8-3-1-5-9(12-10)6-2-4-8/h8-9H,1-7H2. The Morgan fingerprint density at radius 1 is 1.08 bits per heavy atom. The molecule has 12 heavy (non-hydrogen) atoms. The van der Waals surface area contributed by atoms with Gasteiger partial charge in [0.05, 0.1) is 0 Å². The van der Waals surface area contributed by atoms with Crippen molar-refractivity contribution < 1.29 is 9.53 Å². The fourth-order valence-electron chi connectivity index (χ4n) is 2.35. The monoisotopic (exact) mass is 168 g/mol. The average molecular weight is 168 g/mol. The lowest BCUT2D eigenvalue weighted by Crippen LogP contribution is -2.26. The molecule has 0 aromatic rings. The van der Waals surface area contributed by atoms with Gasteiger partial charge in [-0.3, -0.25) is 4.79 Å². The van der Waals surface area contributed by atoms with E-state index in [1.807, 2.05) is 0 Å². The molecule has 0 spiro atoms. The molecule has 3 aliphatic rings. The first-order chi connectivity index (χ1) is 5.84. The van der Waals surface area contributed by atoms with E-state index in [-0.39, 0.29) is 12.1 Å². The molecule has 3 fully saturated rings. The lowest BCUT2D eigenvalue weighted by atomic mass is 9.86. The van der Waals surface area contributed by atoms with Crippen LogP contribution in [0.5, 0.6) is 0 Å². The van der Waals surface area contributed by atoms with Crippen LogP contribution in [0.3, 0.4) is 0 Å². The van der Waals surface area contributed by atoms with Crippen molar-refractivity contribution in [3.8, 4) is 0 Å². The fourth-order valence-corrected chi connectivity index (χ4v) is 2.35. The van der Waals surface area contributed by atoms with Crippen molar-refractivity contribution >= 4 is 5.97 Å². The van der Waals surface area contributed by atoms with Gasteiger partial charge in [0.15, 0.2) is 0 Å². The van der Waals surface area contributed by atoms with E-state index >= 15 is 0 Å². The number of carbonyl (C=O) groups is 1. The highest BCUT2D eigenvalue weighted by Crippen LogP contribution is 2.29. The third kappa shape index (κ3) is 1.79. The number of fused-ring (bicyclic) bond motifs is 6. The molecule has 68 valence electrons. The molecule has 0 N–H and O–H groups in total. The van der Waals surface area contributed by atoms with E-state index in [9.17, 15) is 4.79 Å². The molecule has 0 aromatic carbocycles. The smallest absolute Gasteiger partial charge is 0.306 e. The van der Waals surface area contributed by atoms with Crippen LogP contribution in [0, 0.1) is 5.92 Å². The van der Waals surface area contributed by atoms with Gasteiger partial charge in [0.25, 0.3) is 0 Å². The predicted octanol–water partition coefficient (Wildman–Crippen LogP) is 2.27. The lowest BCUT2D eigenvalue weighted by molar-refractivity contribution is -0.153. The quantitative estimate of drug-likeness (QED) is 0.519. The summed E-state index contributed by atoms with van der Waals surface area (Å²) < 4.78 is 5.32. The molecule has 0 radical (unpaired) electrons. The van der Waals surface area contributed by atoms with Crippen molar-refractivity contribution in [2.75, 3.05) is 0 Å². The molecule has 1 aliphatic carbocycles. The Hall–Kier alpha value is -0.530. The summed E-state index contributed by atoms with van der Waals surface area (Å²) in [7, 11) is 0. The molecule has 1 saturated carbocycles. The minimum atomic E-state index is 0.0457. The van der Waals surface area contributed by atoms with Crippen LogP contribution in [0.4, 0.5) is 0 Å². The van der Waals surface area contributed by atoms with Crippen LogP contribution in [0.1, 0.15) is 44.9 Å². The second-order valence-corrected chi connectivity index (χ2v) is 4.04. The second-order valence-electron chi connectivity index (χ2n) is 4.04. The van der Waals surface area contributed by atoms with Gasteiger partial charge in [-0.15, -0.1) is 0 Å². The summed E-state index contributed by atoms with van der Waals surface area (Å²) in [6, 6.07) is 0. The molecule has 2 nitrogen and oxygen atoms in total. The van der Waals surface area contributed by atoms with Crippen molar-refractivity contribution in [2.24, 2.45) is 5.92 Å². The highest BCUT2D eigenvalue weighted by atomic mass is 16.5. The van der Waals surface area contributed by atoms with E-state index in [2.05, 4.69) is 0 Å². The minimum Gasteiger partial charge on any atom is -0.462 e. The van der Waals surface area contributed by atoms with E-state index in [4.69, 9.17) is 4.74 Å². The number of rotatable bonds is 0. The topological polar surface area (TPSA) is 26.3 Å². The van der Waals surface area contributed by atoms with Crippen molar-refractivity contribution in [2.45, 2.75) is 51.0 Å². The molecule has 2 saturated heterocycles. The van der Waals surface area contributed by atoms with Crippen LogP contribution in [0.25, 0.3) is 0 Å². The van der Waals surface area contributed by atoms with E-state index in [0.717, 1.165) is 12.8 Å². The summed E-state index contributed by atoms with van der Waals surface area (Å²) in [5.41, 5.74) is 0. The van der Waals surface area contributed by atoms with Crippen LogP contribution in [-0.2, 0) is 9.53 Å². The van der Waals surface area contributed by atoms with Crippen LogP contribution in [0.15, 0.2) is 0 Å². The summed E-state index contributed by atoms with van der Waals surface area (Å²) >= 11 is 0. The Morgan fingerprint density at radius 2 is 1.75 bits per heavy atom. The zero-order valence-corrected chi connectivity index (χ0v) is 7.42. The summed E-state index contributed by atoms with van der Waals surface area (Å²) in [5.74, 6) is 0.670.